The Hall–Kier alpha value is -0.970. The molecule has 1 aromatic carbocycles. The number of hydrogen-bond acceptors (Lipinski definition) is 4. The van der Waals surface area contributed by atoms with Crippen LogP contribution < -0.4 is 14.8 Å². The Morgan fingerprint density at radius 3 is 2.65 bits per heavy atom. The lowest BCUT2D eigenvalue weighted by atomic mass is 10.2. The van der Waals surface area contributed by atoms with Crippen LogP contribution in [-0.2, 0) is 11.3 Å². The molecule has 0 aliphatic rings. The van der Waals surface area contributed by atoms with Crippen LogP contribution in [0, 0.1) is 0 Å². The number of methoxy groups -OCH3 is 1. The van der Waals surface area contributed by atoms with Crippen molar-refractivity contribution in [3.05, 3.63) is 22.7 Å². The smallest absolute Gasteiger partial charge is 0.165 e. The standard InChI is InChI=1S/C15H24ClNO3/c1-4-17-11-12-9-13(16)10-14(18-3)15(12)20-8-6-7-19-5-2/h9-10,17H,4-8,11H2,1-3H3. The first kappa shape index (κ1) is 17.1. The second-order valence-corrected chi connectivity index (χ2v) is 4.71. The number of rotatable bonds is 10. The SMILES string of the molecule is CCNCc1cc(Cl)cc(OC)c1OCCCOCC. The van der Waals surface area contributed by atoms with E-state index >= 15 is 0 Å². The number of nitrogens with one attached hydrogen (secondary N) is 1. The topological polar surface area (TPSA) is 39.7 Å². The molecular formula is C15H24ClNO3. The van der Waals surface area contributed by atoms with Crippen molar-refractivity contribution in [3.63, 3.8) is 0 Å². The molecule has 0 radical (unpaired) electrons. The average Bonchev–Trinajstić information content (AvgIpc) is 2.45. The molecular weight excluding hydrogens is 278 g/mol. The fraction of sp³-hybridized carbons (Fsp3) is 0.600. The summed E-state index contributed by atoms with van der Waals surface area (Å²) >= 11 is 6.10. The maximum Gasteiger partial charge on any atom is 0.165 e. The van der Waals surface area contributed by atoms with Gasteiger partial charge >= 0.3 is 0 Å². The van der Waals surface area contributed by atoms with Gasteiger partial charge in [0.2, 0.25) is 0 Å². The lowest BCUT2D eigenvalue weighted by Crippen LogP contribution is -2.14. The molecule has 0 aliphatic heterocycles. The highest BCUT2D eigenvalue weighted by molar-refractivity contribution is 6.30. The summed E-state index contributed by atoms with van der Waals surface area (Å²) in [5, 5.41) is 3.92. The normalized spacial score (nSPS) is 10.6. The molecule has 0 heterocycles. The largest absolute Gasteiger partial charge is 0.493 e. The predicted octanol–water partition coefficient (Wildman–Crippen LogP) is 3.26. The van der Waals surface area contributed by atoms with E-state index in [1.807, 2.05) is 13.0 Å². The maximum absolute atomic E-state index is 6.10. The van der Waals surface area contributed by atoms with Crippen molar-refractivity contribution in [2.24, 2.45) is 0 Å². The van der Waals surface area contributed by atoms with E-state index in [0.717, 1.165) is 30.9 Å². The van der Waals surface area contributed by atoms with Gasteiger partial charge in [0.1, 0.15) is 0 Å². The van der Waals surface area contributed by atoms with Crippen molar-refractivity contribution in [2.75, 3.05) is 33.5 Å². The molecule has 0 bridgehead atoms. The summed E-state index contributed by atoms with van der Waals surface area (Å²) in [4.78, 5) is 0. The molecule has 1 aromatic rings. The van der Waals surface area contributed by atoms with Crippen molar-refractivity contribution in [2.45, 2.75) is 26.8 Å². The van der Waals surface area contributed by atoms with Crippen LogP contribution in [0.4, 0.5) is 0 Å². The van der Waals surface area contributed by atoms with Crippen LogP contribution in [0.2, 0.25) is 5.02 Å². The minimum Gasteiger partial charge on any atom is -0.493 e. The minimum atomic E-state index is 0.594. The molecule has 1 N–H and O–H groups in total. The predicted molar refractivity (Wildman–Crippen MR) is 82.0 cm³/mol. The zero-order valence-corrected chi connectivity index (χ0v) is 13.3. The van der Waals surface area contributed by atoms with E-state index in [2.05, 4.69) is 12.2 Å². The third kappa shape index (κ3) is 5.57. The van der Waals surface area contributed by atoms with Crippen LogP contribution in [0.3, 0.4) is 0 Å². The van der Waals surface area contributed by atoms with Gasteiger partial charge in [-0.2, -0.15) is 0 Å². The second kappa shape index (κ2) is 9.86. The zero-order valence-electron chi connectivity index (χ0n) is 12.5. The van der Waals surface area contributed by atoms with Crippen LogP contribution in [0.15, 0.2) is 12.1 Å². The summed E-state index contributed by atoms with van der Waals surface area (Å²) in [6.07, 6.45) is 0.847. The average molecular weight is 302 g/mol. The van der Waals surface area contributed by atoms with E-state index in [-0.39, 0.29) is 0 Å². The first-order valence-corrected chi connectivity index (χ1v) is 7.38. The third-order valence-electron chi connectivity index (χ3n) is 2.77. The molecule has 0 spiro atoms. The quantitative estimate of drug-likeness (QED) is 0.673. The van der Waals surface area contributed by atoms with Crippen LogP contribution >= 0.6 is 11.6 Å². The van der Waals surface area contributed by atoms with Crippen molar-refractivity contribution in [3.8, 4) is 11.5 Å². The number of halogens is 1. The summed E-state index contributed by atoms with van der Waals surface area (Å²) < 4.78 is 16.5. The van der Waals surface area contributed by atoms with Crippen molar-refractivity contribution in [1.82, 2.24) is 5.32 Å². The summed E-state index contributed by atoms with van der Waals surface area (Å²) in [6, 6.07) is 3.68. The van der Waals surface area contributed by atoms with Gasteiger partial charge in [0.25, 0.3) is 0 Å². The van der Waals surface area contributed by atoms with Crippen molar-refractivity contribution in [1.29, 1.82) is 0 Å². The van der Waals surface area contributed by atoms with Crippen LogP contribution in [-0.4, -0.2) is 33.5 Å². The third-order valence-corrected chi connectivity index (χ3v) is 2.98. The number of benzene rings is 1. The highest BCUT2D eigenvalue weighted by atomic mass is 35.5. The Labute approximate surface area is 126 Å². The van der Waals surface area contributed by atoms with Crippen molar-refractivity contribution < 1.29 is 14.2 Å². The lowest BCUT2D eigenvalue weighted by Gasteiger charge is -2.16. The van der Waals surface area contributed by atoms with E-state index in [4.69, 9.17) is 25.8 Å². The van der Waals surface area contributed by atoms with E-state index in [9.17, 15) is 0 Å². The lowest BCUT2D eigenvalue weighted by molar-refractivity contribution is 0.130. The second-order valence-electron chi connectivity index (χ2n) is 4.28. The Bertz CT molecular complexity index is 399. The Morgan fingerprint density at radius 1 is 1.20 bits per heavy atom. The van der Waals surface area contributed by atoms with Crippen LogP contribution in [0.25, 0.3) is 0 Å². The van der Waals surface area contributed by atoms with Gasteiger partial charge in [-0.15, -0.1) is 0 Å². The monoisotopic (exact) mass is 301 g/mol. The Kier molecular flexibility index (Phi) is 8.42. The molecule has 5 heteroatoms. The molecule has 0 amide bonds. The first-order chi connectivity index (χ1) is 9.72. The molecule has 4 nitrogen and oxygen atoms in total. The molecule has 0 aliphatic carbocycles. The molecule has 0 aromatic heterocycles. The van der Waals surface area contributed by atoms with Gasteiger partial charge in [0.15, 0.2) is 11.5 Å². The molecule has 114 valence electrons. The van der Waals surface area contributed by atoms with Gasteiger partial charge in [0.05, 0.1) is 13.7 Å². The Balaban J connectivity index is 2.73. The molecule has 0 saturated heterocycles. The first-order valence-electron chi connectivity index (χ1n) is 7.00. The molecule has 0 saturated carbocycles. The van der Waals surface area contributed by atoms with Crippen LogP contribution in [0.1, 0.15) is 25.8 Å². The minimum absolute atomic E-state index is 0.594. The van der Waals surface area contributed by atoms with Gasteiger partial charge in [-0.05, 0) is 19.5 Å². The highest BCUT2D eigenvalue weighted by Gasteiger charge is 2.12. The number of hydrogen-bond donors (Lipinski definition) is 1. The molecule has 1 rings (SSSR count). The summed E-state index contributed by atoms with van der Waals surface area (Å²) in [5.74, 6) is 1.43. The zero-order chi connectivity index (χ0) is 14.8. The van der Waals surface area contributed by atoms with Gasteiger partial charge in [-0.3, -0.25) is 0 Å². The van der Waals surface area contributed by atoms with Gasteiger partial charge in [-0.25, -0.2) is 0 Å². The molecule has 20 heavy (non-hydrogen) atoms. The van der Waals surface area contributed by atoms with Gasteiger partial charge in [-0.1, -0.05) is 18.5 Å². The molecule has 0 atom stereocenters. The molecule has 0 fully saturated rings. The van der Waals surface area contributed by atoms with Gasteiger partial charge < -0.3 is 19.5 Å². The van der Waals surface area contributed by atoms with E-state index < -0.39 is 0 Å². The molecule has 0 unspecified atom stereocenters. The maximum atomic E-state index is 6.10. The fourth-order valence-electron chi connectivity index (χ4n) is 1.81. The Morgan fingerprint density at radius 2 is 2.00 bits per heavy atom. The number of ether oxygens (including phenoxy) is 3. The van der Waals surface area contributed by atoms with E-state index in [0.29, 0.717) is 30.5 Å². The highest BCUT2D eigenvalue weighted by Crippen LogP contribution is 2.34. The van der Waals surface area contributed by atoms with E-state index in [1.54, 1.807) is 13.2 Å². The summed E-state index contributed by atoms with van der Waals surface area (Å²) in [5.41, 5.74) is 1.01. The van der Waals surface area contributed by atoms with Gasteiger partial charge in [0, 0.05) is 42.8 Å². The summed E-state index contributed by atoms with van der Waals surface area (Å²) in [7, 11) is 1.62. The van der Waals surface area contributed by atoms with Crippen LogP contribution in [0.5, 0.6) is 11.5 Å². The fourth-order valence-corrected chi connectivity index (χ4v) is 2.04. The summed E-state index contributed by atoms with van der Waals surface area (Å²) in [6.45, 7) is 7.66. The van der Waals surface area contributed by atoms with E-state index in [1.165, 1.54) is 0 Å². The van der Waals surface area contributed by atoms with Crippen molar-refractivity contribution >= 4 is 11.6 Å².